The molecule has 0 aromatic heterocycles. The molecule has 12 heteroatoms. The highest BCUT2D eigenvalue weighted by molar-refractivity contribution is 6.30. The van der Waals surface area contributed by atoms with Gasteiger partial charge in [0.2, 0.25) is 12.2 Å². The van der Waals surface area contributed by atoms with Gasteiger partial charge in [-0.3, -0.25) is 4.79 Å². The van der Waals surface area contributed by atoms with Crippen molar-refractivity contribution in [2.45, 2.75) is 37.6 Å². The molecule has 1 heterocycles. The first-order valence-corrected chi connectivity index (χ1v) is 9.49. The molecule has 0 unspecified atom stereocenters. The van der Waals surface area contributed by atoms with Crippen molar-refractivity contribution in [3.63, 3.8) is 0 Å². The fraction of sp³-hybridized carbons (Fsp3) is 0.350. The van der Waals surface area contributed by atoms with Crippen molar-refractivity contribution >= 4 is 23.2 Å². The Labute approximate surface area is 188 Å². The molecule has 1 aliphatic rings. The van der Waals surface area contributed by atoms with Gasteiger partial charge in [-0.05, 0) is 48.5 Å². The number of aliphatic hydroxyl groups excluding tert-OH is 4. The van der Waals surface area contributed by atoms with Crippen molar-refractivity contribution in [2.75, 3.05) is 11.7 Å². The van der Waals surface area contributed by atoms with Crippen LogP contribution in [0, 0.1) is 0 Å². The molecule has 2 aromatic carbocycles. The summed E-state index contributed by atoms with van der Waals surface area (Å²) >= 11 is 5.85. The Hall–Kier alpha value is -2.32. The zero-order chi connectivity index (χ0) is 21.8. The lowest BCUT2D eigenvalue weighted by Gasteiger charge is -2.40. The highest BCUT2D eigenvalue weighted by atomic mass is 35.5. The van der Waals surface area contributed by atoms with Crippen LogP contribution in [0.4, 0.5) is 5.69 Å². The summed E-state index contributed by atoms with van der Waals surface area (Å²) in [6.07, 6.45) is -7.44. The van der Waals surface area contributed by atoms with Gasteiger partial charge in [-0.15, -0.1) is 0 Å². The van der Waals surface area contributed by atoms with Crippen molar-refractivity contribution in [2.24, 2.45) is 0 Å². The summed E-state index contributed by atoms with van der Waals surface area (Å²) in [5.74, 6) is 0.545. The molecular formula is C20H26ClNO10. The number of hydrogen-bond donors (Lipinski definition) is 4. The average Bonchev–Trinajstić information content (AvgIpc) is 2.74. The largest absolute Gasteiger partial charge is 0.457 e. The number of hydroxylamine groups is 1. The number of carbonyl (C=O) groups excluding carboxylic acids is 1. The maximum atomic E-state index is 12.1. The van der Waals surface area contributed by atoms with Gasteiger partial charge >= 0.3 is 0 Å². The zero-order valence-electron chi connectivity index (χ0n) is 17.0. The third kappa shape index (κ3) is 6.36. The van der Waals surface area contributed by atoms with Crippen molar-refractivity contribution in [3.8, 4) is 11.5 Å². The Balaban J connectivity index is 0.00000256. The summed E-state index contributed by atoms with van der Waals surface area (Å²) in [7, 11) is 0. The molecule has 1 saturated heterocycles. The summed E-state index contributed by atoms with van der Waals surface area (Å²) in [4.78, 5) is 17.5. The van der Waals surface area contributed by atoms with Crippen LogP contribution in [0.3, 0.4) is 0 Å². The summed E-state index contributed by atoms with van der Waals surface area (Å²) in [6.45, 7) is 0.629. The lowest BCUT2D eigenvalue weighted by Crippen LogP contribution is -2.60. The number of anilines is 1. The smallest absolute Gasteiger partial charge is 0.247 e. The van der Waals surface area contributed by atoms with Gasteiger partial charge in [0.25, 0.3) is 0 Å². The molecule has 1 fully saturated rings. The molecule has 32 heavy (non-hydrogen) atoms. The number of rotatable bonds is 6. The van der Waals surface area contributed by atoms with E-state index in [1.165, 1.54) is 6.92 Å². The second kappa shape index (κ2) is 12.1. The molecule has 0 bridgehead atoms. The first kappa shape index (κ1) is 27.7. The van der Waals surface area contributed by atoms with Crippen molar-refractivity contribution in [1.82, 2.24) is 0 Å². The highest BCUT2D eigenvalue weighted by Crippen LogP contribution is 2.28. The van der Waals surface area contributed by atoms with Gasteiger partial charge in [0.1, 0.15) is 35.9 Å². The Bertz CT molecular complexity index is 848. The molecule has 2 aromatic rings. The Kier molecular flexibility index (Phi) is 10.4. The molecule has 3 rings (SSSR count). The van der Waals surface area contributed by atoms with Crippen LogP contribution in [0.5, 0.6) is 11.5 Å². The van der Waals surface area contributed by atoms with Crippen molar-refractivity contribution < 1.29 is 50.5 Å². The summed E-state index contributed by atoms with van der Waals surface area (Å²) in [5.41, 5.74) is 0.308. The third-order valence-electron chi connectivity index (χ3n) is 4.46. The van der Waals surface area contributed by atoms with E-state index in [4.69, 9.17) is 25.9 Å². The predicted octanol–water partition coefficient (Wildman–Crippen LogP) is -0.433. The van der Waals surface area contributed by atoms with E-state index in [2.05, 4.69) is 0 Å². The molecule has 5 atom stereocenters. The maximum Gasteiger partial charge on any atom is 0.247 e. The van der Waals surface area contributed by atoms with Gasteiger partial charge in [0.15, 0.2) is 0 Å². The number of aliphatic hydroxyl groups is 4. The molecule has 11 nitrogen and oxygen atoms in total. The van der Waals surface area contributed by atoms with E-state index in [1.54, 1.807) is 48.5 Å². The minimum Gasteiger partial charge on any atom is -0.457 e. The van der Waals surface area contributed by atoms with Crippen LogP contribution in [0.2, 0.25) is 5.02 Å². The Morgan fingerprint density at radius 3 is 2.00 bits per heavy atom. The summed E-state index contributed by atoms with van der Waals surface area (Å²) in [6, 6.07) is 13.1. The predicted molar refractivity (Wildman–Crippen MR) is 113 cm³/mol. The minimum absolute atomic E-state index is 0. The minimum atomic E-state index is -1.64. The normalized spacial score (nSPS) is 24.6. The lowest BCUT2D eigenvalue weighted by atomic mass is 9.99. The molecule has 0 radical (unpaired) electrons. The Morgan fingerprint density at radius 2 is 1.50 bits per heavy atom. The van der Waals surface area contributed by atoms with Crippen LogP contribution < -0.4 is 9.80 Å². The maximum absolute atomic E-state index is 12.1. The molecule has 0 saturated carbocycles. The van der Waals surface area contributed by atoms with Gasteiger partial charge in [-0.1, -0.05) is 11.6 Å². The first-order valence-electron chi connectivity index (χ1n) is 9.11. The number of halogens is 1. The van der Waals surface area contributed by atoms with Gasteiger partial charge < -0.3 is 40.9 Å². The number of nitrogens with zero attached hydrogens (tertiary/aromatic N) is 1. The lowest BCUT2D eigenvalue weighted by molar-refractivity contribution is -0.302. The van der Waals surface area contributed by atoms with Gasteiger partial charge in [0, 0.05) is 11.9 Å². The highest BCUT2D eigenvalue weighted by Gasteiger charge is 2.45. The molecule has 1 amide bonds. The van der Waals surface area contributed by atoms with Crippen LogP contribution in [0.25, 0.3) is 0 Å². The molecule has 178 valence electrons. The second-order valence-corrected chi connectivity index (χ2v) is 7.10. The van der Waals surface area contributed by atoms with Gasteiger partial charge in [0.05, 0.1) is 12.3 Å². The van der Waals surface area contributed by atoms with Crippen molar-refractivity contribution in [3.05, 3.63) is 53.6 Å². The van der Waals surface area contributed by atoms with Crippen LogP contribution in [-0.2, 0) is 14.4 Å². The summed E-state index contributed by atoms with van der Waals surface area (Å²) in [5, 5.41) is 40.6. The van der Waals surface area contributed by atoms with E-state index in [0.717, 1.165) is 5.06 Å². The zero-order valence-corrected chi connectivity index (χ0v) is 17.7. The van der Waals surface area contributed by atoms with Gasteiger partial charge in [-0.25, -0.2) is 4.84 Å². The standard InChI is InChI=1S/C20H22ClNO8.2H2O/c1-11(24)22(30-20-19(27)18(26)17(25)16(10-23)29-20)13-4-8-15(9-5-13)28-14-6-2-12(21)3-7-14;;/h2-9,16-20,23,25-27H,10H2,1H3;2*1H2/t16-,17-,18+,19-,20+;;/m1../s1. The quantitative estimate of drug-likeness (QED) is 0.404. The molecule has 0 spiro atoms. The van der Waals surface area contributed by atoms with Crippen LogP contribution in [0.15, 0.2) is 48.5 Å². The molecular weight excluding hydrogens is 450 g/mol. The van der Waals surface area contributed by atoms with E-state index in [1.807, 2.05) is 0 Å². The number of amides is 1. The number of carbonyl (C=O) groups is 1. The Morgan fingerprint density at radius 1 is 0.969 bits per heavy atom. The fourth-order valence-electron chi connectivity index (χ4n) is 2.86. The monoisotopic (exact) mass is 475 g/mol. The van der Waals surface area contributed by atoms with Crippen LogP contribution in [0.1, 0.15) is 6.92 Å². The SMILES string of the molecule is CC(=O)N(O[C@@H]1O[C@H](CO)[C@@H](O)[C@H](O)[C@H]1O)c1ccc(Oc2ccc(Cl)cc2)cc1.O.O. The first-order chi connectivity index (χ1) is 14.3. The van der Waals surface area contributed by atoms with Crippen LogP contribution in [-0.4, -0.2) is 74.6 Å². The van der Waals surface area contributed by atoms with E-state index < -0.39 is 43.2 Å². The van der Waals surface area contributed by atoms with Crippen molar-refractivity contribution in [1.29, 1.82) is 0 Å². The molecule has 1 aliphatic heterocycles. The number of hydrogen-bond acceptors (Lipinski definition) is 8. The van der Waals surface area contributed by atoms with E-state index in [9.17, 15) is 25.2 Å². The number of benzene rings is 2. The van der Waals surface area contributed by atoms with Gasteiger partial charge in [-0.2, -0.15) is 5.06 Å². The molecule has 8 N–H and O–H groups in total. The third-order valence-corrected chi connectivity index (χ3v) is 4.72. The topological polar surface area (TPSA) is 192 Å². The second-order valence-electron chi connectivity index (χ2n) is 6.67. The van der Waals surface area contributed by atoms with E-state index >= 15 is 0 Å². The fourth-order valence-corrected chi connectivity index (χ4v) is 2.99. The van der Waals surface area contributed by atoms with Crippen LogP contribution >= 0.6 is 11.6 Å². The summed E-state index contributed by atoms with van der Waals surface area (Å²) < 4.78 is 11.0. The van der Waals surface area contributed by atoms with E-state index in [-0.39, 0.29) is 11.0 Å². The van der Waals surface area contributed by atoms with E-state index in [0.29, 0.717) is 22.2 Å². The average molecular weight is 476 g/mol. The molecule has 0 aliphatic carbocycles. The number of ether oxygens (including phenoxy) is 2.